The van der Waals surface area contributed by atoms with Crippen LogP contribution in [-0.4, -0.2) is 10.8 Å². The van der Waals surface area contributed by atoms with Crippen LogP contribution < -0.4 is 0 Å². The zero-order valence-corrected chi connectivity index (χ0v) is 10.1. The molecule has 0 bridgehead atoms. The van der Waals surface area contributed by atoms with Gasteiger partial charge in [0.2, 0.25) is 5.78 Å². The number of hydrogen-bond donors (Lipinski definition) is 0. The monoisotopic (exact) mass is 271 g/mol. The Kier molecular flexibility index (Phi) is 3.21. The van der Waals surface area contributed by atoms with E-state index in [0.717, 1.165) is 17.4 Å². The van der Waals surface area contributed by atoms with Crippen molar-refractivity contribution in [3.63, 3.8) is 0 Å². The van der Waals surface area contributed by atoms with Crippen molar-refractivity contribution in [1.82, 2.24) is 4.98 Å². The predicted molar refractivity (Wildman–Crippen MR) is 61.7 cm³/mol. The number of alkyl halides is 3. The van der Waals surface area contributed by atoms with Crippen molar-refractivity contribution in [1.29, 1.82) is 0 Å². The highest BCUT2D eigenvalue weighted by Crippen LogP contribution is 2.33. The third-order valence-corrected chi connectivity index (χ3v) is 3.36. The van der Waals surface area contributed by atoms with E-state index >= 15 is 0 Å². The molecule has 18 heavy (non-hydrogen) atoms. The van der Waals surface area contributed by atoms with Gasteiger partial charge in [-0.3, -0.25) is 4.79 Å². The summed E-state index contributed by atoms with van der Waals surface area (Å²) in [6.45, 7) is 1.60. The SMILES string of the molecule is Cc1ncsc1C(=O)c1ccccc1C(F)(F)F. The van der Waals surface area contributed by atoms with Gasteiger partial charge in [-0.05, 0) is 13.0 Å². The Labute approximate surface area is 105 Å². The summed E-state index contributed by atoms with van der Waals surface area (Å²) in [4.78, 5) is 16.2. The highest BCUT2D eigenvalue weighted by Gasteiger charge is 2.35. The molecule has 0 fully saturated rings. The van der Waals surface area contributed by atoms with Crippen LogP contribution in [0.5, 0.6) is 0 Å². The summed E-state index contributed by atoms with van der Waals surface area (Å²) in [5.74, 6) is -0.636. The average molecular weight is 271 g/mol. The standard InChI is InChI=1S/C12H8F3NOS/c1-7-11(18-6-16-7)10(17)8-4-2-3-5-9(8)12(13,14)15/h2-6H,1H3. The van der Waals surface area contributed by atoms with Gasteiger partial charge in [0.1, 0.15) is 0 Å². The minimum atomic E-state index is -4.54. The van der Waals surface area contributed by atoms with Gasteiger partial charge in [-0.25, -0.2) is 4.98 Å². The molecule has 0 aliphatic rings. The maximum atomic E-state index is 12.8. The fraction of sp³-hybridized carbons (Fsp3) is 0.167. The maximum Gasteiger partial charge on any atom is 0.417 e. The molecule has 1 aromatic carbocycles. The third-order valence-electron chi connectivity index (χ3n) is 2.43. The summed E-state index contributed by atoms with van der Waals surface area (Å²) in [5.41, 5.74) is 0.640. The molecule has 0 aliphatic carbocycles. The molecule has 0 saturated carbocycles. The van der Waals surface area contributed by atoms with Gasteiger partial charge in [-0.2, -0.15) is 13.2 Å². The fourth-order valence-electron chi connectivity index (χ4n) is 1.57. The number of halogens is 3. The van der Waals surface area contributed by atoms with Crippen molar-refractivity contribution in [2.45, 2.75) is 13.1 Å². The van der Waals surface area contributed by atoms with Crippen molar-refractivity contribution in [2.75, 3.05) is 0 Å². The topological polar surface area (TPSA) is 30.0 Å². The van der Waals surface area contributed by atoms with E-state index in [0.29, 0.717) is 5.69 Å². The molecule has 2 aromatic rings. The van der Waals surface area contributed by atoms with Crippen LogP contribution in [0.3, 0.4) is 0 Å². The Morgan fingerprint density at radius 1 is 1.28 bits per heavy atom. The molecule has 0 N–H and O–H groups in total. The molecule has 1 aromatic heterocycles. The Morgan fingerprint density at radius 3 is 2.50 bits per heavy atom. The molecule has 0 aliphatic heterocycles. The van der Waals surface area contributed by atoms with Gasteiger partial charge < -0.3 is 0 Å². The molecule has 94 valence electrons. The van der Waals surface area contributed by atoms with Gasteiger partial charge >= 0.3 is 6.18 Å². The number of ketones is 1. The number of thiazole rings is 1. The van der Waals surface area contributed by atoms with E-state index in [-0.39, 0.29) is 10.4 Å². The lowest BCUT2D eigenvalue weighted by atomic mass is 10.0. The molecular formula is C12H8F3NOS. The second-order valence-corrected chi connectivity index (χ2v) is 4.49. The van der Waals surface area contributed by atoms with Crippen molar-refractivity contribution >= 4 is 17.1 Å². The molecule has 2 rings (SSSR count). The largest absolute Gasteiger partial charge is 0.417 e. The normalized spacial score (nSPS) is 11.6. The summed E-state index contributed by atoms with van der Waals surface area (Å²) < 4.78 is 38.4. The molecule has 0 amide bonds. The quantitative estimate of drug-likeness (QED) is 0.779. The van der Waals surface area contributed by atoms with E-state index < -0.39 is 17.5 Å². The van der Waals surface area contributed by atoms with Crippen LogP contribution in [0.4, 0.5) is 13.2 Å². The highest BCUT2D eigenvalue weighted by molar-refractivity contribution is 7.12. The summed E-state index contributed by atoms with van der Waals surface area (Å²) in [7, 11) is 0. The van der Waals surface area contributed by atoms with Crippen molar-refractivity contribution in [3.05, 3.63) is 51.5 Å². The van der Waals surface area contributed by atoms with Crippen molar-refractivity contribution < 1.29 is 18.0 Å². The molecular weight excluding hydrogens is 263 g/mol. The summed E-state index contributed by atoms with van der Waals surface area (Å²) in [5, 5.41) is 0. The van der Waals surface area contributed by atoms with Gasteiger partial charge in [-0.15, -0.1) is 11.3 Å². The Balaban J connectivity index is 2.53. The van der Waals surface area contributed by atoms with E-state index in [9.17, 15) is 18.0 Å². The Hall–Kier alpha value is -1.69. The van der Waals surface area contributed by atoms with Crippen LogP contribution in [0.2, 0.25) is 0 Å². The van der Waals surface area contributed by atoms with E-state index in [1.807, 2.05) is 0 Å². The average Bonchev–Trinajstić information content (AvgIpc) is 2.73. The summed E-state index contributed by atoms with van der Waals surface area (Å²) >= 11 is 1.04. The third kappa shape index (κ3) is 2.28. The first-order chi connectivity index (χ1) is 8.41. The second kappa shape index (κ2) is 4.53. The maximum absolute atomic E-state index is 12.8. The number of hydrogen-bond acceptors (Lipinski definition) is 3. The molecule has 0 radical (unpaired) electrons. The first kappa shape index (κ1) is 12.8. The highest BCUT2D eigenvalue weighted by atomic mass is 32.1. The van der Waals surface area contributed by atoms with Crippen LogP contribution >= 0.6 is 11.3 Å². The summed E-state index contributed by atoms with van der Waals surface area (Å²) in [6, 6.07) is 4.77. The van der Waals surface area contributed by atoms with Crippen LogP contribution in [0.15, 0.2) is 29.8 Å². The van der Waals surface area contributed by atoms with Crippen LogP contribution in [0.25, 0.3) is 0 Å². The van der Waals surface area contributed by atoms with E-state index in [4.69, 9.17) is 0 Å². The zero-order chi connectivity index (χ0) is 13.3. The fourth-order valence-corrected chi connectivity index (χ4v) is 2.33. The molecule has 6 heteroatoms. The van der Waals surface area contributed by atoms with Gasteiger partial charge in [0.05, 0.1) is 21.6 Å². The minimum absolute atomic E-state index is 0.242. The lowest BCUT2D eigenvalue weighted by molar-refractivity contribution is -0.137. The van der Waals surface area contributed by atoms with Gasteiger partial charge in [0, 0.05) is 5.56 Å². The molecule has 0 saturated heterocycles. The number of carbonyl (C=O) groups excluding carboxylic acids is 1. The van der Waals surface area contributed by atoms with E-state index in [1.54, 1.807) is 6.92 Å². The van der Waals surface area contributed by atoms with Gasteiger partial charge in [0.15, 0.2) is 0 Å². The van der Waals surface area contributed by atoms with Crippen LogP contribution in [0, 0.1) is 6.92 Å². The van der Waals surface area contributed by atoms with Gasteiger partial charge in [0.25, 0.3) is 0 Å². The molecule has 2 nitrogen and oxygen atoms in total. The number of aryl methyl sites for hydroxylation is 1. The van der Waals surface area contributed by atoms with Gasteiger partial charge in [-0.1, -0.05) is 18.2 Å². The zero-order valence-electron chi connectivity index (χ0n) is 9.28. The lowest BCUT2D eigenvalue weighted by Gasteiger charge is -2.11. The number of carbonyl (C=O) groups is 1. The first-order valence-electron chi connectivity index (χ1n) is 5.02. The number of nitrogens with zero attached hydrogens (tertiary/aromatic N) is 1. The van der Waals surface area contributed by atoms with Crippen LogP contribution in [0.1, 0.15) is 26.5 Å². The molecule has 0 unspecified atom stereocenters. The van der Waals surface area contributed by atoms with Crippen LogP contribution in [-0.2, 0) is 6.18 Å². The summed E-state index contributed by atoms with van der Waals surface area (Å²) in [6.07, 6.45) is -4.54. The Morgan fingerprint density at radius 2 is 1.94 bits per heavy atom. The first-order valence-corrected chi connectivity index (χ1v) is 5.90. The molecule has 0 atom stereocenters. The van der Waals surface area contributed by atoms with Crippen molar-refractivity contribution in [2.24, 2.45) is 0 Å². The van der Waals surface area contributed by atoms with E-state index in [2.05, 4.69) is 4.98 Å². The Bertz CT molecular complexity index is 589. The van der Waals surface area contributed by atoms with E-state index in [1.165, 1.54) is 23.7 Å². The molecule has 0 spiro atoms. The smallest absolute Gasteiger partial charge is 0.288 e. The van der Waals surface area contributed by atoms with Crippen molar-refractivity contribution in [3.8, 4) is 0 Å². The minimum Gasteiger partial charge on any atom is -0.288 e. The second-order valence-electron chi connectivity index (χ2n) is 3.64. The number of benzene rings is 1. The number of rotatable bonds is 2. The number of aromatic nitrogens is 1. The predicted octanol–water partition coefficient (Wildman–Crippen LogP) is 3.70. The lowest BCUT2D eigenvalue weighted by Crippen LogP contribution is -2.13. The molecule has 1 heterocycles.